The molecule has 0 saturated carbocycles. The van der Waals surface area contributed by atoms with Crippen LogP contribution in [-0.2, 0) is 0 Å². The average Bonchev–Trinajstić information content (AvgIpc) is 3.89. The molecule has 52 heavy (non-hydrogen) atoms. The van der Waals surface area contributed by atoms with Gasteiger partial charge in [-0.15, -0.1) is 11.3 Å². The molecule has 11 aromatic rings. The van der Waals surface area contributed by atoms with Crippen molar-refractivity contribution in [3.8, 4) is 22.3 Å². The average molecular weight is 684 g/mol. The van der Waals surface area contributed by atoms with E-state index in [4.69, 9.17) is 8.83 Å². The van der Waals surface area contributed by atoms with Crippen LogP contribution in [0.2, 0.25) is 0 Å². The van der Waals surface area contributed by atoms with Crippen LogP contribution in [0.25, 0.3) is 86.3 Å². The fraction of sp³-hybridized carbons (Fsp3) is 0. The number of furan rings is 2. The van der Waals surface area contributed by atoms with E-state index in [1.807, 2.05) is 23.5 Å². The number of thiophene rings is 1. The van der Waals surface area contributed by atoms with Crippen molar-refractivity contribution in [3.05, 3.63) is 176 Å². The highest BCUT2D eigenvalue weighted by Crippen LogP contribution is 2.50. The summed E-state index contributed by atoms with van der Waals surface area (Å²) in [7, 11) is 0. The largest absolute Gasteiger partial charge is 0.456 e. The van der Waals surface area contributed by atoms with E-state index in [-0.39, 0.29) is 0 Å². The fourth-order valence-electron chi connectivity index (χ4n) is 7.82. The molecule has 0 aliphatic carbocycles. The van der Waals surface area contributed by atoms with Gasteiger partial charge in [-0.3, -0.25) is 0 Å². The normalized spacial score (nSPS) is 11.8. The molecule has 0 N–H and O–H groups in total. The van der Waals surface area contributed by atoms with Gasteiger partial charge in [-0.1, -0.05) is 115 Å². The number of hydrogen-bond acceptors (Lipinski definition) is 4. The molecule has 0 aliphatic heterocycles. The van der Waals surface area contributed by atoms with E-state index in [1.54, 1.807) is 0 Å². The van der Waals surface area contributed by atoms with Crippen molar-refractivity contribution >= 4 is 92.4 Å². The minimum Gasteiger partial charge on any atom is -0.456 e. The van der Waals surface area contributed by atoms with Crippen molar-refractivity contribution in [3.63, 3.8) is 0 Å². The Morgan fingerprint density at radius 1 is 0.365 bits per heavy atom. The zero-order valence-corrected chi connectivity index (χ0v) is 28.7. The Labute approximate surface area is 303 Å². The summed E-state index contributed by atoms with van der Waals surface area (Å²) in [6.45, 7) is 0. The quantitative estimate of drug-likeness (QED) is 0.181. The van der Waals surface area contributed by atoms with Gasteiger partial charge in [-0.2, -0.15) is 0 Å². The van der Waals surface area contributed by atoms with Crippen molar-refractivity contribution in [1.82, 2.24) is 0 Å². The van der Waals surface area contributed by atoms with E-state index < -0.39 is 0 Å². The molecule has 0 atom stereocenters. The van der Waals surface area contributed by atoms with E-state index in [0.29, 0.717) is 0 Å². The molecule has 0 amide bonds. The number of benzene rings is 8. The number of rotatable bonds is 5. The predicted molar refractivity (Wildman–Crippen MR) is 219 cm³/mol. The summed E-state index contributed by atoms with van der Waals surface area (Å²) in [5, 5.41) is 6.94. The molecule has 0 fully saturated rings. The third-order valence-electron chi connectivity index (χ3n) is 10.3. The zero-order chi connectivity index (χ0) is 34.2. The Balaban J connectivity index is 1.17. The Bertz CT molecular complexity index is 3120. The molecule has 0 bridgehead atoms. The Kier molecular flexibility index (Phi) is 6.42. The second-order valence-electron chi connectivity index (χ2n) is 13.3. The highest BCUT2D eigenvalue weighted by molar-refractivity contribution is 7.27. The number of hydrogen-bond donors (Lipinski definition) is 0. The first kappa shape index (κ1) is 29.1. The van der Waals surface area contributed by atoms with Crippen LogP contribution in [0.15, 0.2) is 185 Å². The van der Waals surface area contributed by atoms with E-state index in [2.05, 4.69) is 169 Å². The first-order chi connectivity index (χ1) is 25.8. The molecule has 0 aliphatic rings. The molecule has 0 radical (unpaired) electrons. The van der Waals surface area contributed by atoms with E-state index in [0.717, 1.165) is 66.5 Å². The number of para-hydroxylation sites is 1. The van der Waals surface area contributed by atoms with Crippen molar-refractivity contribution in [1.29, 1.82) is 0 Å². The summed E-state index contributed by atoms with van der Waals surface area (Å²) in [5.41, 5.74) is 11.3. The minimum atomic E-state index is 0.847. The van der Waals surface area contributed by atoms with Crippen LogP contribution in [0.3, 0.4) is 0 Å². The molecule has 0 saturated heterocycles. The van der Waals surface area contributed by atoms with Crippen molar-refractivity contribution < 1.29 is 8.83 Å². The molecule has 8 aromatic carbocycles. The maximum atomic E-state index is 6.66. The molecule has 0 unspecified atom stereocenters. The van der Waals surface area contributed by atoms with Crippen molar-refractivity contribution in [2.45, 2.75) is 0 Å². The van der Waals surface area contributed by atoms with Gasteiger partial charge < -0.3 is 13.7 Å². The second kappa shape index (κ2) is 11.5. The summed E-state index contributed by atoms with van der Waals surface area (Å²) in [5.74, 6) is 0. The van der Waals surface area contributed by atoms with Crippen LogP contribution >= 0.6 is 11.3 Å². The number of fused-ring (bicyclic) bond motifs is 10. The van der Waals surface area contributed by atoms with Crippen LogP contribution in [0, 0.1) is 0 Å². The van der Waals surface area contributed by atoms with Crippen LogP contribution in [0.1, 0.15) is 0 Å². The van der Waals surface area contributed by atoms with Crippen LogP contribution in [0.5, 0.6) is 0 Å². The van der Waals surface area contributed by atoms with Gasteiger partial charge in [0.25, 0.3) is 0 Å². The lowest BCUT2D eigenvalue weighted by molar-refractivity contribution is 0.669. The van der Waals surface area contributed by atoms with Gasteiger partial charge in [0.1, 0.15) is 22.3 Å². The summed E-state index contributed by atoms with van der Waals surface area (Å²) in [4.78, 5) is 2.37. The maximum absolute atomic E-state index is 6.66. The van der Waals surface area contributed by atoms with Crippen LogP contribution in [-0.4, -0.2) is 0 Å². The van der Waals surface area contributed by atoms with Gasteiger partial charge in [-0.05, 0) is 70.8 Å². The summed E-state index contributed by atoms with van der Waals surface area (Å²) >= 11 is 1.83. The topological polar surface area (TPSA) is 29.5 Å². The Hall–Kier alpha value is -6.62. The summed E-state index contributed by atoms with van der Waals surface area (Å²) < 4.78 is 15.8. The van der Waals surface area contributed by atoms with Crippen molar-refractivity contribution in [2.75, 3.05) is 4.90 Å². The Morgan fingerprint density at radius 2 is 0.942 bits per heavy atom. The molecule has 3 aromatic heterocycles. The Morgan fingerprint density at radius 3 is 1.73 bits per heavy atom. The third-order valence-corrected chi connectivity index (χ3v) is 11.5. The maximum Gasteiger partial charge on any atom is 0.138 e. The monoisotopic (exact) mass is 683 g/mol. The van der Waals surface area contributed by atoms with Crippen LogP contribution < -0.4 is 4.90 Å². The molecular formula is C48H29NO2S. The zero-order valence-electron chi connectivity index (χ0n) is 27.9. The van der Waals surface area contributed by atoms with Gasteiger partial charge in [-0.25, -0.2) is 0 Å². The van der Waals surface area contributed by atoms with E-state index >= 15 is 0 Å². The van der Waals surface area contributed by atoms with Gasteiger partial charge in [0.15, 0.2) is 0 Å². The minimum absolute atomic E-state index is 0.847. The van der Waals surface area contributed by atoms with Gasteiger partial charge in [0.2, 0.25) is 0 Å². The third kappa shape index (κ3) is 4.51. The fourth-order valence-corrected chi connectivity index (χ4v) is 9.10. The smallest absolute Gasteiger partial charge is 0.138 e. The van der Waals surface area contributed by atoms with E-state index in [1.165, 1.54) is 36.9 Å². The van der Waals surface area contributed by atoms with Crippen molar-refractivity contribution in [2.24, 2.45) is 0 Å². The standard InChI is InChI=1S/C48H29NO2S/c1-3-11-30(12-4-1)32-19-22-34(23-20-32)49(35-24-26-37-36-25-21-33(31-13-5-2-6-14-31)27-42(36)51-43(37)28-35)40-29-44-47(38-15-7-9-17-41(38)50-44)48-46(40)39-16-8-10-18-45(39)52-48/h1-29H. The molecule has 4 heteroatoms. The molecular weight excluding hydrogens is 655 g/mol. The summed E-state index contributed by atoms with van der Waals surface area (Å²) in [6, 6.07) is 62.3. The lowest BCUT2D eigenvalue weighted by Gasteiger charge is -2.27. The molecule has 3 nitrogen and oxygen atoms in total. The first-order valence-corrected chi connectivity index (χ1v) is 18.3. The van der Waals surface area contributed by atoms with Gasteiger partial charge in [0, 0.05) is 65.2 Å². The summed E-state index contributed by atoms with van der Waals surface area (Å²) in [6.07, 6.45) is 0. The van der Waals surface area contributed by atoms with Crippen LogP contribution in [0.4, 0.5) is 17.1 Å². The molecule has 0 spiro atoms. The van der Waals surface area contributed by atoms with Gasteiger partial charge in [0.05, 0.1) is 5.69 Å². The van der Waals surface area contributed by atoms with Gasteiger partial charge >= 0.3 is 0 Å². The molecule has 11 rings (SSSR count). The predicted octanol–water partition coefficient (Wildman–Crippen LogP) is 14.7. The lowest BCUT2D eigenvalue weighted by atomic mass is 10.0. The highest BCUT2D eigenvalue weighted by atomic mass is 32.1. The number of nitrogens with zero attached hydrogens (tertiary/aromatic N) is 1. The highest BCUT2D eigenvalue weighted by Gasteiger charge is 2.24. The van der Waals surface area contributed by atoms with E-state index in [9.17, 15) is 0 Å². The second-order valence-corrected chi connectivity index (χ2v) is 14.3. The SMILES string of the molecule is c1ccc(-c2ccc(N(c3ccc4c(c3)oc3cc(-c5ccccc5)ccc34)c3cc4oc5ccccc5c4c4sc5ccccc5c34)cc2)cc1. The first-order valence-electron chi connectivity index (χ1n) is 17.5. The molecule has 3 heterocycles. The number of anilines is 3. The lowest BCUT2D eigenvalue weighted by Crippen LogP contribution is -2.10. The molecule has 244 valence electrons.